The quantitative estimate of drug-likeness (QED) is 0.581. The van der Waals surface area contributed by atoms with Gasteiger partial charge in [-0.1, -0.05) is 8.93 Å². The third kappa shape index (κ3) is 4.78. The summed E-state index contributed by atoms with van der Waals surface area (Å²) >= 11 is 2.19. The van der Waals surface area contributed by atoms with Gasteiger partial charge in [0.25, 0.3) is 0 Å². The summed E-state index contributed by atoms with van der Waals surface area (Å²) in [5.41, 5.74) is 0. The highest BCUT2D eigenvalue weighted by atomic mass is 127. The molecule has 4 nitrogen and oxygen atoms in total. The predicted molar refractivity (Wildman–Crippen MR) is 69.4 cm³/mol. The Morgan fingerprint density at radius 3 is 2.67 bits per heavy atom. The van der Waals surface area contributed by atoms with Gasteiger partial charge in [-0.15, -0.1) is 0 Å². The minimum absolute atomic E-state index is 0.0975. The smallest absolute Gasteiger partial charge is 0.409 e. The SMILES string of the molecule is CC1CN(C(=O)OCCSI)CC(C)O1. The first kappa shape index (κ1) is 13.4. The molecule has 2 unspecified atom stereocenters. The molecule has 1 rings (SSSR count). The fraction of sp³-hybridized carbons (Fsp3) is 0.889. The monoisotopic (exact) mass is 345 g/mol. The number of carbonyl (C=O) groups is 1. The first-order valence-electron chi connectivity index (χ1n) is 4.94. The fourth-order valence-electron chi connectivity index (χ4n) is 1.58. The highest BCUT2D eigenvalue weighted by molar-refractivity contribution is 14.2. The molecule has 1 fully saturated rings. The Morgan fingerprint density at radius 1 is 1.53 bits per heavy atom. The molecule has 88 valence electrons. The van der Waals surface area contributed by atoms with E-state index in [-0.39, 0.29) is 18.3 Å². The lowest BCUT2D eigenvalue weighted by Gasteiger charge is -2.34. The maximum absolute atomic E-state index is 11.6. The minimum Gasteiger partial charge on any atom is -0.449 e. The molecule has 0 aliphatic carbocycles. The topological polar surface area (TPSA) is 38.8 Å². The molecule has 2 atom stereocenters. The molecular formula is C9H16INO3S. The largest absolute Gasteiger partial charge is 0.449 e. The summed E-state index contributed by atoms with van der Waals surface area (Å²) in [4.78, 5) is 13.3. The molecule has 1 heterocycles. The van der Waals surface area contributed by atoms with Crippen LogP contribution >= 0.6 is 30.1 Å². The van der Waals surface area contributed by atoms with Gasteiger partial charge in [-0.05, 0) is 35.1 Å². The van der Waals surface area contributed by atoms with Crippen LogP contribution < -0.4 is 0 Å². The summed E-state index contributed by atoms with van der Waals surface area (Å²) < 4.78 is 10.7. The van der Waals surface area contributed by atoms with E-state index in [0.717, 1.165) is 5.75 Å². The predicted octanol–water partition coefficient (Wildman–Crippen LogP) is 2.32. The van der Waals surface area contributed by atoms with Crippen molar-refractivity contribution in [2.24, 2.45) is 0 Å². The molecule has 0 aromatic heterocycles. The number of rotatable bonds is 3. The van der Waals surface area contributed by atoms with E-state index in [2.05, 4.69) is 21.2 Å². The molecule has 15 heavy (non-hydrogen) atoms. The van der Waals surface area contributed by atoms with Gasteiger partial charge in [0.15, 0.2) is 0 Å². The molecule has 1 amide bonds. The van der Waals surface area contributed by atoms with Crippen LogP contribution in [0.2, 0.25) is 0 Å². The number of nitrogens with zero attached hydrogens (tertiary/aromatic N) is 1. The van der Waals surface area contributed by atoms with Crippen LogP contribution in [-0.2, 0) is 9.47 Å². The Balaban J connectivity index is 2.31. The van der Waals surface area contributed by atoms with Crippen LogP contribution in [0.1, 0.15) is 13.8 Å². The number of morpholine rings is 1. The van der Waals surface area contributed by atoms with Crippen molar-refractivity contribution >= 4 is 36.2 Å². The maximum Gasteiger partial charge on any atom is 0.409 e. The van der Waals surface area contributed by atoms with Crippen molar-refractivity contribution in [3.63, 3.8) is 0 Å². The van der Waals surface area contributed by atoms with Crippen molar-refractivity contribution in [1.82, 2.24) is 4.90 Å². The summed E-state index contributed by atoms with van der Waals surface area (Å²) in [5.74, 6) is 0.835. The zero-order valence-corrected chi connectivity index (χ0v) is 11.9. The van der Waals surface area contributed by atoms with Gasteiger partial charge in [-0.3, -0.25) is 0 Å². The average Bonchev–Trinajstić information content (AvgIpc) is 2.16. The molecule has 0 saturated carbocycles. The molecule has 0 spiro atoms. The Labute approximate surface area is 107 Å². The van der Waals surface area contributed by atoms with Crippen molar-refractivity contribution in [2.45, 2.75) is 26.1 Å². The van der Waals surface area contributed by atoms with Crippen molar-refractivity contribution in [1.29, 1.82) is 0 Å². The summed E-state index contributed by atoms with van der Waals surface area (Å²) in [6.07, 6.45) is -0.0250. The van der Waals surface area contributed by atoms with Gasteiger partial charge in [0.05, 0.1) is 25.3 Å². The molecule has 0 aromatic rings. The molecule has 1 saturated heterocycles. The van der Waals surface area contributed by atoms with Crippen molar-refractivity contribution in [3.8, 4) is 0 Å². The van der Waals surface area contributed by atoms with Gasteiger partial charge in [-0.2, -0.15) is 0 Å². The van der Waals surface area contributed by atoms with Crippen LogP contribution in [-0.4, -0.2) is 48.7 Å². The van der Waals surface area contributed by atoms with Gasteiger partial charge in [0.1, 0.15) is 6.61 Å². The van der Waals surface area contributed by atoms with E-state index in [0.29, 0.717) is 19.7 Å². The summed E-state index contributed by atoms with van der Waals surface area (Å²) in [6.45, 7) is 5.67. The Hall–Kier alpha value is 0.310. The van der Waals surface area contributed by atoms with Crippen LogP contribution in [0.15, 0.2) is 0 Å². The number of carbonyl (C=O) groups excluding carboxylic acids is 1. The van der Waals surface area contributed by atoms with E-state index in [1.54, 1.807) is 13.8 Å². The number of halogens is 1. The van der Waals surface area contributed by atoms with E-state index >= 15 is 0 Å². The van der Waals surface area contributed by atoms with E-state index in [1.807, 2.05) is 13.8 Å². The highest BCUT2D eigenvalue weighted by Crippen LogP contribution is 2.13. The van der Waals surface area contributed by atoms with Crippen molar-refractivity contribution in [2.75, 3.05) is 25.4 Å². The average molecular weight is 345 g/mol. The molecule has 0 radical (unpaired) electrons. The molecule has 0 N–H and O–H groups in total. The van der Waals surface area contributed by atoms with E-state index in [9.17, 15) is 4.79 Å². The van der Waals surface area contributed by atoms with Gasteiger partial charge < -0.3 is 14.4 Å². The van der Waals surface area contributed by atoms with Crippen LogP contribution in [0.4, 0.5) is 4.79 Å². The van der Waals surface area contributed by atoms with Crippen LogP contribution in [0.5, 0.6) is 0 Å². The first-order chi connectivity index (χ1) is 7.13. The van der Waals surface area contributed by atoms with Gasteiger partial charge in [-0.25, -0.2) is 4.79 Å². The van der Waals surface area contributed by atoms with Crippen molar-refractivity contribution in [3.05, 3.63) is 0 Å². The van der Waals surface area contributed by atoms with Gasteiger partial charge in [0.2, 0.25) is 0 Å². The minimum atomic E-state index is -0.220. The Bertz CT molecular complexity index is 208. The van der Waals surface area contributed by atoms with Crippen LogP contribution in [0, 0.1) is 0 Å². The molecule has 1 aliphatic rings. The normalized spacial score (nSPS) is 26.5. The highest BCUT2D eigenvalue weighted by Gasteiger charge is 2.26. The van der Waals surface area contributed by atoms with E-state index < -0.39 is 0 Å². The Morgan fingerprint density at radius 2 is 2.13 bits per heavy atom. The lowest BCUT2D eigenvalue weighted by molar-refractivity contribution is -0.0633. The second-order valence-electron chi connectivity index (χ2n) is 3.59. The van der Waals surface area contributed by atoms with Gasteiger partial charge in [0, 0.05) is 5.75 Å². The third-order valence-corrected chi connectivity index (χ3v) is 3.71. The number of ether oxygens (including phenoxy) is 2. The van der Waals surface area contributed by atoms with E-state index in [1.165, 1.54) is 0 Å². The lowest BCUT2D eigenvalue weighted by Crippen LogP contribution is -2.48. The lowest BCUT2D eigenvalue weighted by atomic mass is 10.2. The summed E-state index contributed by atoms with van der Waals surface area (Å²) in [5, 5.41) is 0. The molecular weight excluding hydrogens is 329 g/mol. The van der Waals surface area contributed by atoms with E-state index in [4.69, 9.17) is 9.47 Å². The number of amides is 1. The maximum atomic E-state index is 11.6. The standard InChI is InChI=1S/C9H16INO3S/c1-7-5-11(6-8(2)14-7)9(12)13-3-4-15-10/h7-8H,3-6H2,1-2H3. The first-order valence-corrected chi connectivity index (χ1v) is 8.47. The third-order valence-electron chi connectivity index (χ3n) is 2.06. The number of hydrogen-bond acceptors (Lipinski definition) is 4. The van der Waals surface area contributed by atoms with Gasteiger partial charge >= 0.3 is 6.09 Å². The van der Waals surface area contributed by atoms with Crippen LogP contribution in [0.3, 0.4) is 0 Å². The molecule has 1 aliphatic heterocycles. The zero-order chi connectivity index (χ0) is 11.3. The second kappa shape index (κ2) is 6.80. The summed E-state index contributed by atoms with van der Waals surface area (Å²) in [6, 6.07) is 0. The zero-order valence-electron chi connectivity index (χ0n) is 8.94. The second-order valence-corrected chi connectivity index (χ2v) is 6.08. The van der Waals surface area contributed by atoms with Crippen molar-refractivity contribution < 1.29 is 14.3 Å². The van der Waals surface area contributed by atoms with Crippen LogP contribution in [0.25, 0.3) is 0 Å². The summed E-state index contributed by atoms with van der Waals surface area (Å²) in [7, 11) is 1.64. The molecule has 6 heteroatoms. The number of hydrogen-bond donors (Lipinski definition) is 0. The molecule has 0 bridgehead atoms. The fourth-order valence-corrected chi connectivity index (χ4v) is 2.26. The molecule has 0 aromatic carbocycles. The Kier molecular flexibility index (Phi) is 6.06.